The topological polar surface area (TPSA) is 12.9 Å². The van der Waals surface area contributed by atoms with Crippen LogP contribution in [-0.2, 0) is 6.42 Å². The second-order valence-electron chi connectivity index (χ2n) is 1.68. The lowest BCUT2D eigenvalue weighted by atomic mass is 10.3. The van der Waals surface area contributed by atoms with Gasteiger partial charge in [-0.1, -0.05) is 0 Å². The first-order chi connectivity index (χ1) is 4.43. The molecule has 0 N–H and O–H groups in total. The number of hydrogen-bond donors (Lipinski definition) is 0. The van der Waals surface area contributed by atoms with Gasteiger partial charge in [-0.05, 0) is 0 Å². The number of rotatable bonds is 2. The predicted molar refractivity (Wildman–Crippen MR) is 39.3 cm³/mol. The molecule has 0 saturated carbocycles. The molecular formula is C7H7NS. The molecule has 0 unspecified atom stereocenters. The molecule has 0 saturated heterocycles. The van der Waals surface area contributed by atoms with Crippen molar-refractivity contribution in [3.63, 3.8) is 0 Å². The van der Waals surface area contributed by atoms with Crippen LogP contribution in [0.5, 0.6) is 0 Å². The van der Waals surface area contributed by atoms with Gasteiger partial charge in [0, 0.05) is 18.2 Å². The Kier molecular flexibility index (Phi) is 2.29. The van der Waals surface area contributed by atoms with Gasteiger partial charge in [-0.2, -0.15) is 0 Å². The van der Waals surface area contributed by atoms with Crippen molar-refractivity contribution in [2.45, 2.75) is 12.8 Å². The number of aromatic nitrogens is 1. The maximum absolute atomic E-state index is 5.07. The molecule has 0 fully saturated rings. The van der Waals surface area contributed by atoms with Gasteiger partial charge >= 0.3 is 0 Å². The van der Waals surface area contributed by atoms with Crippen LogP contribution in [-0.4, -0.2) is 4.98 Å². The zero-order valence-corrected chi connectivity index (χ0v) is 5.82. The van der Waals surface area contributed by atoms with Crippen molar-refractivity contribution in [3.8, 4) is 12.3 Å². The Morgan fingerprint density at radius 2 is 2.67 bits per heavy atom. The molecule has 0 atom stereocenters. The van der Waals surface area contributed by atoms with Crippen molar-refractivity contribution in [2.24, 2.45) is 0 Å². The van der Waals surface area contributed by atoms with E-state index in [2.05, 4.69) is 10.9 Å². The molecular weight excluding hydrogens is 130 g/mol. The van der Waals surface area contributed by atoms with Crippen molar-refractivity contribution >= 4 is 11.3 Å². The Bertz CT molecular complexity index is 195. The van der Waals surface area contributed by atoms with Crippen LogP contribution < -0.4 is 0 Å². The highest BCUT2D eigenvalue weighted by atomic mass is 32.1. The summed E-state index contributed by atoms with van der Waals surface area (Å²) in [4.78, 5) is 4.08. The average Bonchev–Trinajstić information content (AvgIpc) is 2.34. The van der Waals surface area contributed by atoms with Crippen molar-refractivity contribution in [3.05, 3.63) is 16.6 Å². The van der Waals surface area contributed by atoms with Crippen molar-refractivity contribution in [2.75, 3.05) is 0 Å². The minimum atomic E-state index is 0.795. The monoisotopic (exact) mass is 137 g/mol. The SMILES string of the molecule is C#CCCc1cscn1. The highest BCUT2D eigenvalue weighted by Gasteiger charge is 1.89. The molecule has 0 amide bonds. The van der Waals surface area contributed by atoms with Gasteiger partial charge in [-0.15, -0.1) is 23.7 Å². The van der Waals surface area contributed by atoms with Crippen LogP contribution in [0.25, 0.3) is 0 Å². The summed E-state index contributed by atoms with van der Waals surface area (Å²) in [5.41, 5.74) is 2.93. The lowest BCUT2D eigenvalue weighted by Gasteiger charge is -1.84. The third-order valence-electron chi connectivity index (χ3n) is 1.01. The Hall–Kier alpha value is -0.810. The quantitative estimate of drug-likeness (QED) is 0.565. The van der Waals surface area contributed by atoms with E-state index in [1.165, 1.54) is 0 Å². The van der Waals surface area contributed by atoms with E-state index >= 15 is 0 Å². The van der Waals surface area contributed by atoms with Crippen molar-refractivity contribution in [1.29, 1.82) is 0 Å². The summed E-state index contributed by atoms with van der Waals surface area (Å²) in [6.07, 6.45) is 6.78. The van der Waals surface area contributed by atoms with Crippen LogP contribution in [0.2, 0.25) is 0 Å². The Morgan fingerprint density at radius 1 is 1.78 bits per heavy atom. The number of thiazole rings is 1. The molecule has 1 heterocycles. The molecule has 1 rings (SSSR count). The third kappa shape index (κ3) is 1.87. The van der Waals surface area contributed by atoms with Gasteiger partial charge in [0.05, 0.1) is 11.2 Å². The van der Waals surface area contributed by atoms with E-state index in [1.54, 1.807) is 11.3 Å². The first-order valence-electron chi connectivity index (χ1n) is 2.74. The molecule has 9 heavy (non-hydrogen) atoms. The minimum absolute atomic E-state index is 0.795. The minimum Gasteiger partial charge on any atom is -0.250 e. The number of nitrogens with zero attached hydrogens (tertiary/aromatic N) is 1. The van der Waals surface area contributed by atoms with Gasteiger partial charge in [0.2, 0.25) is 0 Å². The van der Waals surface area contributed by atoms with E-state index < -0.39 is 0 Å². The fourth-order valence-electron chi connectivity index (χ4n) is 0.561. The molecule has 0 spiro atoms. The number of hydrogen-bond acceptors (Lipinski definition) is 2. The van der Waals surface area contributed by atoms with E-state index in [4.69, 9.17) is 6.42 Å². The average molecular weight is 137 g/mol. The van der Waals surface area contributed by atoms with E-state index in [1.807, 2.05) is 10.9 Å². The maximum Gasteiger partial charge on any atom is 0.0794 e. The normalized spacial score (nSPS) is 8.78. The van der Waals surface area contributed by atoms with Gasteiger partial charge in [0.25, 0.3) is 0 Å². The summed E-state index contributed by atoms with van der Waals surface area (Å²) in [7, 11) is 0. The Labute approximate surface area is 58.8 Å². The highest BCUT2D eigenvalue weighted by Crippen LogP contribution is 2.02. The van der Waals surface area contributed by atoms with E-state index in [0.29, 0.717) is 0 Å². The third-order valence-corrected chi connectivity index (χ3v) is 1.64. The predicted octanol–water partition coefficient (Wildman–Crippen LogP) is 1.71. The Balaban J connectivity index is 2.41. The first-order valence-corrected chi connectivity index (χ1v) is 3.68. The summed E-state index contributed by atoms with van der Waals surface area (Å²) in [5.74, 6) is 2.57. The lowest BCUT2D eigenvalue weighted by molar-refractivity contribution is 0.981. The smallest absolute Gasteiger partial charge is 0.0794 e. The summed E-state index contributed by atoms with van der Waals surface area (Å²) in [5, 5.41) is 2.03. The fraction of sp³-hybridized carbons (Fsp3) is 0.286. The molecule has 0 aliphatic rings. The zero-order chi connectivity index (χ0) is 6.53. The van der Waals surface area contributed by atoms with Crippen LogP contribution in [0.15, 0.2) is 10.9 Å². The fourth-order valence-corrected chi connectivity index (χ4v) is 1.15. The number of terminal acetylenes is 1. The van der Waals surface area contributed by atoms with Crippen molar-refractivity contribution < 1.29 is 0 Å². The zero-order valence-electron chi connectivity index (χ0n) is 5.00. The highest BCUT2D eigenvalue weighted by molar-refractivity contribution is 7.07. The summed E-state index contributed by atoms with van der Waals surface area (Å²) in [6.45, 7) is 0. The van der Waals surface area contributed by atoms with E-state index in [0.717, 1.165) is 18.5 Å². The molecule has 0 aliphatic heterocycles. The molecule has 0 aliphatic carbocycles. The van der Waals surface area contributed by atoms with Gasteiger partial charge < -0.3 is 0 Å². The lowest BCUT2D eigenvalue weighted by Crippen LogP contribution is -1.80. The van der Waals surface area contributed by atoms with Crippen LogP contribution in [0.4, 0.5) is 0 Å². The van der Waals surface area contributed by atoms with Crippen LogP contribution >= 0.6 is 11.3 Å². The second-order valence-corrected chi connectivity index (χ2v) is 2.40. The van der Waals surface area contributed by atoms with Gasteiger partial charge in [-0.3, -0.25) is 0 Å². The molecule has 1 aromatic rings. The van der Waals surface area contributed by atoms with Crippen LogP contribution in [0, 0.1) is 12.3 Å². The van der Waals surface area contributed by atoms with E-state index in [-0.39, 0.29) is 0 Å². The summed E-state index contributed by atoms with van der Waals surface area (Å²) < 4.78 is 0. The van der Waals surface area contributed by atoms with Crippen LogP contribution in [0.3, 0.4) is 0 Å². The molecule has 0 bridgehead atoms. The van der Waals surface area contributed by atoms with Crippen molar-refractivity contribution in [1.82, 2.24) is 4.98 Å². The molecule has 1 aromatic heterocycles. The van der Waals surface area contributed by atoms with E-state index in [9.17, 15) is 0 Å². The molecule has 0 radical (unpaired) electrons. The Morgan fingerprint density at radius 3 is 3.22 bits per heavy atom. The summed E-state index contributed by atoms with van der Waals surface area (Å²) in [6, 6.07) is 0. The summed E-state index contributed by atoms with van der Waals surface area (Å²) >= 11 is 1.61. The second kappa shape index (κ2) is 3.26. The van der Waals surface area contributed by atoms with Crippen LogP contribution in [0.1, 0.15) is 12.1 Å². The van der Waals surface area contributed by atoms with Gasteiger partial charge in [0.15, 0.2) is 0 Å². The molecule has 1 nitrogen and oxygen atoms in total. The van der Waals surface area contributed by atoms with Gasteiger partial charge in [-0.25, -0.2) is 4.98 Å². The molecule has 2 heteroatoms. The standard InChI is InChI=1S/C7H7NS/c1-2-3-4-7-5-9-6-8-7/h1,5-6H,3-4H2. The largest absolute Gasteiger partial charge is 0.250 e. The maximum atomic E-state index is 5.07. The molecule has 46 valence electrons. The molecule has 0 aromatic carbocycles. The first kappa shape index (κ1) is 6.31. The number of aryl methyl sites for hydroxylation is 1. The van der Waals surface area contributed by atoms with Gasteiger partial charge in [0.1, 0.15) is 0 Å².